The van der Waals surface area contributed by atoms with Gasteiger partial charge in [-0.3, -0.25) is 4.79 Å². The molecule has 0 aromatic carbocycles. The molecule has 12 heavy (non-hydrogen) atoms. The molecule has 0 aromatic heterocycles. The monoisotopic (exact) mass is 165 g/mol. The Hall–Kier alpha value is -0.790. The third-order valence-corrected chi connectivity index (χ3v) is 3.11. The molecule has 2 unspecified atom stereocenters. The highest BCUT2D eigenvalue weighted by atomic mass is 16.2. The first-order valence-electron chi connectivity index (χ1n) is 4.55. The molecule has 2 heteroatoms. The van der Waals surface area contributed by atoms with E-state index in [1.807, 2.05) is 14.1 Å². The Morgan fingerprint density at radius 3 is 2.67 bits per heavy atom. The zero-order chi connectivity index (χ0) is 8.77. The fourth-order valence-corrected chi connectivity index (χ4v) is 2.46. The molecule has 66 valence electrons. The normalized spacial score (nSPS) is 37.3. The fraction of sp³-hybridized carbons (Fsp3) is 0.700. The van der Waals surface area contributed by atoms with Crippen molar-refractivity contribution in [1.82, 2.24) is 4.90 Å². The molecule has 0 N–H and O–H groups in total. The fourth-order valence-electron chi connectivity index (χ4n) is 2.46. The molecule has 2 bridgehead atoms. The van der Waals surface area contributed by atoms with Crippen LogP contribution in [0, 0.1) is 11.3 Å². The van der Waals surface area contributed by atoms with E-state index >= 15 is 0 Å². The first-order chi connectivity index (χ1) is 5.64. The van der Waals surface area contributed by atoms with Crippen molar-refractivity contribution < 1.29 is 4.79 Å². The summed E-state index contributed by atoms with van der Waals surface area (Å²) in [6, 6.07) is 0. The van der Waals surface area contributed by atoms with Gasteiger partial charge in [-0.25, -0.2) is 0 Å². The molecule has 0 spiro atoms. The van der Waals surface area contributed by atoms with E-state index < -0.39 is 0 Å². The first-order valence-corrected chi connectivity index (χ1v) is 4.55. The largest absolute Gasteiger partial charge is 0.348 e. The quantitative estimate of drug-likeness (QED) is 0.538. The van der Waals surface area contributed by atoms with Crippen LogP contribution in [0.2, 0.25) is 0 Å². The van der Waals surface area contributed by atoms with E-state index in [0.29, 0.717) is 11.8 Å². The number of allylic oxidation sites excluding steroid dienone is 1. The van der Waals surface area contributed by atoms with Crippen molar-refractivity contribution in [1.29, 1.82) is 0 Å². The Balaban J connectivity index is 2.22. The highest BCUT2D eigenvalue weighted by molar-refractivity contribution is 5.85. The molecule has 0 saturated heterocycles. The SMILES string of the molecule is CN(C)C(=O)C12C=CC(CC1)C2. The molecule has 2 aliphatic carbocycles. The van der Waals surface area contributed by atoms with Crippen LogP contribution in [0.3, 0.4) is 0 Å². The third kappa shape index (κ3) is 0.904. The zero-order valence-electron chi connectivity index (χ0n) is 7.71. The van der Waals surface area contributed by atoms with Gasteiger partial charge in [0.1, 0.15) is 0 Å². The van der Waals surface area contributed by atoms with E-state index in [-0.39, 0.29) is 5.41 Å². The molecule has 1 amide bonds. The topological polar surface area (TPSA) is 20.3 Å². The summed E-state index contributed by atoms with van der Waals surface area (Å²) < 4.78 is 0. The van der Waals surface area contributed by atoms with Crippen molar-refractivity contribution in [3.63, 3.8) is 0 Å². The van der Waals surface area contributed by atoms with Crippen LogP contribution in [0.15, 0.2) is 12.2 Å². The smallest absolute Gasteiger partial charge is 0.232 e. The summed E-state index contributed by atoms with van der Waals surface area (Å²) in [7, 11) is 3.69. The van der Waals surface area contributed by atoms with Crippen LogP contribution in [0.5, 0.6) is 0 Å². The minimum Gasteiger partial charge on any atom is -0.348 e. The van der Waals surface area contributed by atoms with E-state index in [2.05, 4.69) is 12.2 Å². The summed E-state index contributed by atoms with van der Waals surface area (Å²) in [6.07, 6.45) is 7.67. The van der Waals surface area contributed by atoms with Gasteiger partial charge in [0.05, 0.1) is 5.41 Å². The molecule has 2 atom stereocenters. The third-order valence-electron chi connectivity index (χ3n) is 3.11. The lowest BCUT2D eigenvalue weighted by Gasteiger charge is -2.25. The second-order valence-electron chi connectivity index (χ2n) is 4.22. The highest BCUT2D eigenvalue weighted by Crippen LogP contribution is 2.49. The lowest BCUT2D eigenvalue weighted by molar-refractivity contribution is -0.136. The van der Waals surface area contributed by atoms with Gasteiger partial charge in [0.25, 0.3) is 0 Å². The van der Waals surface area contributed by atoms with Crippen molar-refractivity contribution in [2.45, 2.75) is 19.3 Å². The number of amides is 1. The van der Waals surface area contributed by atoms with Crippen LogP contribution in [0.4, 0.5) is 0 Å². The Kier molecular flexibility index (Phi) is 1.53. The van der Waals surface area contributed by atoms with Gasteiger partial charge >= 0.3 is 0 Å². The van der Waals surface area contributed by atoms with Gasteiger partial charge in [-0.05, 0) is 25.2 Å². The van der Waals surface area contributed by atoms with E-state index in [1.54, 1.807) is 4.90 Å². The number of rotatable bonds is 1. The number of carbonyl (C=O) groups is 1. The number of carbonyl (C=O) groups excluding carboxylic acids is 1. The Bertz CT molecular complexity index is 244. The second-order valence-corrected chi connectivity index (χ2v) is 4.22. The lowest BCUT2D eigenvalue weighted by atomic mass is 9.86. The van der Waals surface area contributed by atoms with Crippen molar-refractivity contribution in [3.8, 4) is 0 Å². The Morgan fingerprint density at radius 2 is 2.33 bits per heavy atom. The van der Waals surface area contributed by atoms with Gasteiger partial charge < -0.3 is 4.90 Å². The van der Waals surface area contributed by atoms with E-state index in [1.165, 1.54) is 6.42 Å². The molecular formula is C10H15NO. The van der Waals surface area contributed by atoms with Gasteiger partial charge in [0.15, 0.2) is 0 Å². The molecule has 0 aliphatic heterocycles. The number of hydrogen-bond acceptors (Lipinski definition) is 1. The second kappa shape index (κ2) is 2.35. The molecule has 2 aliphatic rings. The number of nitrogens with zero attached hydrogens (tertiary/aromatic N) is 1. The van der Waals surface area contributed by atoms with Crippen LogP contribution >= 0.6 is 0 Å². The van der Waals surface area contributed by atoms with E-state index in [9.17, 15) is 4.79 Å². The molecule has 0 aromatic rings. The van der Waals surface area contributed by atoms with Gasteiger partial charge in [0.2, 0.25) is 5.91 Å². The summed E-state index contributed by atoms with van der Waals surface area (Å²) in [5.41, 5.74) is -0.103. The summed E-state index contributed by atoms with van der Waals surface area (Å²) >= 11 is 0. The van der Waals surface area contributed by atoms with Gasteiger partial charge in [-0.1, -0.05) is 12.2 Å². The average molecular weight is 165 g/mol. The minimum atomic E-state index is -0.103. The zero-order valence-corrected chi connectivity index (χ0v) is 7.71. The van der Waals surface area contributed by atoms with Gasteiger partial charge in [-0.15, -0.1) is 0 Å². The Morgan fingerprint density at radius 1 is 1.58 bits per heavy atom. The number of fused-ring (bicyclic) bond motifs is 2. The van der Waals surface area contributed by atoms with Crippen LogP contribution in [0.1, 0.15) is 19.3 Å². The maximum absolute atomic E-state index is 11.8. The van der Waals surface area contributed by atoms with Gasteiger partial charge in [-0.2, -0.15) is 0 Å². The summed E-state index contributed by atoms with van der Waals surface area (Å²) in [4.78, 5) is 13.5. The average Bonchev–Trinajstić information content (AvgIpc) is 2.62. The Labute approximate surface area is 73.2 Å². The summed E-state index contributed by atoms with van der Waals surface area (Å²) in [5.74, 6) is 0.979. The predicted molar refractivity (Wildman–Crippen MR) is 47.6 cm³/mol. The van der Waals surface area contributed by atoms with Crippen molar-refractivity contribution in [3.05, 3.63) is 12.2 Å². The van der Waals surface area contributed by atoms with E-state index in [0.717, 1.165) is 12.8 Å². The first kappa shape index (κ1) is 7.84. The van der Waals surface area contributed by atoms with Gasteiger partial charge in [0, 0.05) is 14.1 Å². The van der Waals surface area contributed by atoms with Crippen LogP contribution in [-0.4, -0.2) is 24.9 Å². The van der Waals surface area contributed by atoms with Crippen molar-refractivity contribution in [2.24, 2.45) is 11.3 Å². The maximum Gasteiger partial charge on any atom is 0.232 e. The molecule has 0 radical (unpaired) electrons. The number of hydrogen-bond donors (Lipinski definition) is 0. The molecule has 2 nitrogen and oxygen atoms in total. The van der Waals surface area contributed by atoms with E-state index in [4.69, 9.17) is 0 Å². The minimum absolute atomic E-state index is 0.103. The van der Waals surface area contributed by atoms with Crippen LogP contribution < -0.4 is 0 Å². The maximum atomic E-state index is 11.8. The molecule has 1 saturated carbocycles. The molecule has 0 heterocycles. The van der Waals surface area contributed by atoms with Crippen LogP contribution in [0.25, 0.3) is 0 Å². The molecular weight excluding hydrogens is 150 g/mol. The van der Waals surface area contributed by atoms with Crippen LogP contribution in [-0.2, 0) is 4.79 Å². The molecule has 1 fully saturated rings. The predicted octanol–water partition coefficient (Wildman–Crippen LogP) is 1.43. The lowest BCUT2D eigenvalue weighted by Crippen LogP contribution is -2.36. The standard InChI is InChI=1S/C10H15NO/c1-11(2)9(12)10-5-3-8(7-10)4-6-10/h3,5,8H,4,6-7H2,1-2H3. The molecule has 2 rings (SSSR count). The summed E-state index contributed by atoms with van der Waals surface area (Å²) in [5, 5.41) is 0. The highest BCUT2D eigenvalue weighted by Gasteiger charge is 2.46. The van der Waals surface area contributed by atoms with Crippen molar-refractivity contribution in [2.75, 3.05) is 14.1 Å². The van der Waals surface area contributed by atoms with Crippen molar-refractivity contribution >= 4 is 5.91 Å². The summed E-state index contributed by atoms with van der Waals surface area (Å²) in [6.45, 7) is 0.